The molecule has 1 saturated carbocycles. The number of halogens is 2. The normalized spacial score (nSPS) is 28.3. The van der Waals surface area contributed by atoms with Crippen LogP contribution in [0.25, 0.3) is 0 Å². The molecule has 0 bridgehead atoms. The molecule has 0 spiro atoms. The van der Waals surface area contributed by atoms with Gasteiger partial charge in [0.15, 0.2) is 17.4 Å². The zero-order valence-electron chi connectivity index (χ0n) is 15.3. The van der Waals surface area contributed by atoms with Crippen LogP contribution in [0.3, 0.4) is 0 Å². The van der Waals surface area contributed by atoms with E-state index >= 15 is 0 Å². The Labute approximate surface area is 161 Å². The fourth-order valence-electron chi connectivity index (χ4n) is 4.43. The summed E-state index contributed by atoms with van der Waals surface area (Å²) in [6.45, 7) is 1.09. The number of aliphatic hydroxyl groups is 2. The van der Waals surface area contributed by atoms with Gasteiger partial charge in [-0.15, -0.1) is 0 Å². The van der Waals surface area contributed by atoms with Crippen LogP contribution < -0.4 is 4.74 Å². The number of benzene rings is 2. The van der Waals surface area contributed by atoms with Crippen molar-refractivity contribution in [1.29, 1.82) is 0 Å². The summed E-state index contributed by atoms with van der Waals surface area (Å²) < 4.78 is 33.0. The number of rotatable bonds is 5. The highest BCUT2D eigenvalue weighted by Crippen LogP contribution is 2.43. The maximum absolute atomic E-state index is 13.5. The number of nitrogens with zero attached hydrogens (tertiary/aromatic N) is 1. The van der Waals surface area contributed by atoms with E-state index < -0.39 is 29.1 Å². The van der Waals surface area contributed by atoms with Gasteiger partial charge in [0.25, 0.3) is 0 Å². The highest BCUT2D eigenvalue weighted by Gasteiger charge is 2.52. The van der Waals surface area contributed by atoms with Crippen LogP contribution in [0.1, 0.15) is 24.5 Å². The number of aliphatic hydroxyl groups excluding tert-OH is 1. The average Bonchev–Trinajstić information content (AvgIpc) is 3.10. The van der Waals surface area contributed by atoms with Crippen LogP contribution >= 0.6 is 0 Å². The van der Waals surface area contributed by atoms with E-state index in [2.05, 4.69) is 0 Å². The van der Waals surface area contributed by atoms with Gasteiger partial charge in [0.05, 0.1) is 11.7 Å². The van der Waals surface area contributed by atoms with E-state index in [4.69, 9.17) is 4.74 Å². The van der Waals surface area contributed by atoms with Gasteiger partial charge < -0.3 is 20.1 Å². The second-order valence-electron chi connectivity index (χ2n) is 7.84. The Hall–Kier alpha value is -2.22. The average molecular weight is 391 g/mol. The van der Waals surface area contributed by atoms with Crippen LogP contribution in [0.15, 0.2) is 42.5 Å². The lowest BCUT2D eigenvalue weighted by Crippen LogP contribution is -2.36. The van der Waals surface area contributed by atoms with Crippen molar-refractivity contribution in [2.24, 2.45) is 5.92 Å². The molecule has 4 rings (SSSR count). The molecule has 2 aromatic rings. The third-order valence-electron chi connectivity index (χ3n) is 5.77. The summed E-state index contributed by atoms with van der Waals surface area (Å²) >= 11 is 0. The summed E-state index contributed by atoms with van der Waals surface area (Å²) in [5.41, 5.74) is -0.841. The number of hydrogen-bond donors (Lipinski definition) is 3. The van der Waals surface area contributed by atoms with Gasteiger partial charge >= 0.3 is 0 Å². The molecule has 1 aliphatic heterocycles. The second-order valence-corrected chi connectivity index (χ2v) is 7.84. The lowest BCUT2D eigenvalue weighted by atomic mass is 9.95. The summed E-state index contributed by atoms with van der Waals surface area (Å²) in [5, 5.41) is 30.5. The Balaban J connectivity index is 1.36. The molecule has 3 N–H and O–H groups in total. The Kier molecular flexibility index (Phi) is 4.99. The molecule has 2 fully saturated rings. The van der Waals surface area contributed by atoms with Gasteiger partial charge in [0, 0.05) is 32.0 Å². The molecule has 4 atom stereocenters. The zero-order chi connectivity index (χ0) is 19.9. The molecule has 0 unspecified atom stereocenters. The SMILES string of the molecule is Oc1c(F)cc([C@@H](O)CN2C[C@H]3C[C@H](Oc4ccccc4)C[C@@]3(O)C2)cc1F. The number of phenolic OH excluding ortho intramolecular Hbond substituents is 1. The van der Waals surface area contributed by atoms with Gasteiger partial charge in [-0.25, -0.2) is 8.78 Å². The van der Waals surface area contributed by atoms with E-state index in [9.17, 15) is 24.1 Å². The number of β-amino-alcohol motifs (C(OH)–C–C–N with tert-alkyl or cyclic N) is 2. The fourth-order valence-corrected chi connectivity index (χ4v) is 4.43. The van der Waals surface area contributed by atoms with E-state index in [0.717, 1.165) is 17.9 Å². The minimum absolute atomic E-state index is 0.0155. The van der Waals surface area contributed by atoms with Crippen molar-refractivity contribution < 1.29 is 28.8 Å². The first-order valence-corrected chi connectivity index (χ1v) is 9.36. The molecule has 28 heavy (non-hydrogen) atoms. The zero-order valence-corrected chi connectivity index (χ0v) is 15.3. The van der Waals surface area contributed by atoms with Gasteiger partial charge in [0.2, 0.25) is 0 Å². The summed E-state index contributed by atoms with van der Waals surface area (Å²) in [6.07, 6.45) is 0.0235. The third-order valence-corrected chi connectivity index (χ3v) is 5.77. The van der Waals surface area contributed by atoms with E-state index in [1.54, 1.807) is 0 Å². The minimum atomic E-state index is -1.12. The molecule has 0 amide bonds. The summed E-state index contributed by atoms with van der Waals surface area (Å²) in [4.78, 5) is 1.90. The maximum Gasteiger partial charge on any atom is 0.187 e. The summed E-state index contributed by atoms with van der Waals surface area (Å²) in [7, 11) is 0. The van der Waals surface area contributed by atoms with Crippen molar-refractivity contribution in [2.45, 2.75) is 30.7 Å². The smallest absolute Gasteiger partial charge is 0.187 e. The minimum Gasteiger partial charge on any atom is -0.503 e. The lowest BCUT2D eigenvalue weighted by Gasteiger charge is -2.25. The Morgan fingerprint density at radius 2 is 1.86 bits per heavy atom. The molecule has 1 aliphatic carbocycles. The van der Waals surface area contributed by atoms with Crippen LogP contribution in [0, 0.1) is 17.6 Å². The summed E-state index contributed by atoms with van der Waals surface area (Å²) in [6, 6.07) is 11.3. The second kappa shape index (κ2) is 7.31. The monoisotopic (exact) mass is 391 g/mol. The number of hydrogen-bond acceptors (Lipinski definition) is 5. The van der Waals surface area contributed by atoms with Crippen molar-refractivity contribution in [3.8, 4) is 11.5 Å². The maximum atomic E-state index is 13.5. The highest BCUT2D eigenvalue weighted by atomic mass is 19.1. The van der Waals surface area contributed by atoms with Crippen molar-refractivity contribution in [2.75, 3.05) is 19.6 Å². The van der Waals surface area contributed by atoms with Crippen LogP contribution in [-0.4, -0.2) is 51.6 Å². The van der Waals surface area contributed by atoms with E-state index in [-0.39, 0.29) is 24.1 Å². The molecular formula is C21H23F2NO4. The van der Waals surface area contributed by atoms with Crippen molar-refractivity contribution in [3.63, 3.8) is 0 Å². The summed E-state index contributed by atoms with van der Waals surface area (Å²) in [5.74, 6) is -2.47. The Morgan fingerprint density at radius 1 is 1.18 bits per heavy atom. The van der Waals surface area contributed by atoms with Crippen molar-refractivity contribution >= 4 is 0 Å². The number of fused-ring (bicyclic) bond motifs is 1. The molecule has 1 saturated heterocycles. The first-order chi connectivity index (χ1) is 13.3. The number of phenols is 1. The quantitative estimate of drug-likeness (QED) is 0.731. The van der Waals surface area contributed by atoms with Gasteiger partial charge in [-0.1, -0.05) is 18.2 Å². The Morgan fingerprint density at radius 3 is 2.50 bits per heavy atom. The van der Waals surface area contributed by atoms with Gasteiger partial charge in [-0.3, -0.25) is 4.90 Å². The number of likely N-dealkylation sites (tertiary alicyclic amines) is 1. The van der Waals surface area contributed by atoms with Crippen molar-refractivity contribution in [3.05, 3.63) is 59.7 Å². The highest BCUT2D eigenvalue weighted by molar-refractivity contribution is 5.31. The third kappa shape index (κ3) is 3.70. The Bertz CT molecular complexity index is 827. The molecule has 2 aliphatic rings. The predicted molar refractivity (Wildman–Crippen MR) is 98.0 cm³/mol. The molecule has 0 radical (unpaired) electrons. The molecule has 1 heterocycles. The van der Waals surface area contributed by atoms with Gasteiger partial charge in [-0.05, 0) is 36.2 Å². The van der Waals surface area contributed by atoms with Gasteiger partial charge in [0.1, 0.15) is 11.9 Å². The standard InChI is InChI=1S/C21H23F2NO4/c22-17-6-13(7-18(23)20(17)26)19(25)11-24-10-14-8-16(9-21(14,27)12-24)28-15-4-2-1-3-5-15/h1-7,14,16,19,25-27H,8-12H2/t14-,16+,19+,21-/m1/s1. The van der Waals surface area contributed by atoms with E-state index in [0.29, 0.717) is 25.9 Å². The molecule has 7 heteroatoms. The predicted octanol–water partition coefficient (Wildman–Crippen LogP) is 2.61. The van der Waals surface area contributed by atoms with Crippen molar-refractivity contribution in [1.82, 2.24) is 4.90 Å². The largest absolute Gasteiger partial charge is 0.503 e. The van der Waals surface area contributed by atoms with E-state index in [1.807, 2.05) is 35.2 Å². The molecule has 150 valence electrons. The van der Waals surface area contributed by atoms with Crippen LogP contribution in [0.4, 0.5) is 8.78 Å². The van der Waals surface area contributed by atoms with E-state index in [1.165, 1.54) is 0 Å². The molecule has 2 aromatic carbocycles. The first kappa shape index (κ1) is 19.1. The number of para-hydroxylation sites is 1. The topological polar surface area (TPSA) is 73.2 Å². The van der Waals surface area contributed by atoms with Crippen LogP contribution in [0.5, 0.6) is 11.5 Å². The lowest BCUT2D eigenvalue weighted by molar-refractivity contribution is 0.0178. The molecule has 5 nitrogen and oxygen atoms in total. The van der Waals surface area contributed by atoms with Gasteiger partial charge in [-0.2, -0.15) is 0 Å². The van der Waals surface area contributed by atoms with Crippen LogP contribution in [-0.2, 0) is 0 Å². The molecular weight excluding hydrogens is 368 g/mol. The number of ether oxygens (including phenoxy) is 1. The molecule has 0 aromatic heterocycles. The number of aromatic hydroxyl groups is 1. The fraction of sp³-hybridized carbons (Fsp3) is 0.429. The van der Waals surface area contributed by atoms with Crippen LogP contribution in [0.2, 0.25) is 0 Å². The first-order valence-electron chi connectivity index (χ1n) is 9.36.